The first-order valence-corrected chi connectivity index (χ1v) is 11.2. The molecular weight excluding hydrogens is 446 g/mol. The Balaban J connectivity index is 1.21. The maximum absolute atomic E-state index is 11.7. The minimum atomic E-state index is -0.712. The van der Waals surface area contributed by atoms with Crippen molar-refractivity contribution in [2.24, 2.45) is 7.05 Å². The van der Waals surface area contributed by atoms with E-state index < -0.39 is 11.9 Å². The molecule has 0 fully saturated rings. The Morgan fingerprint density at radius 3 is 2.97 bits per heavy atom. The van der Waals surface area contributed by atoms with Gasteiger partial charge in [0.1, 0.15) is 0 Å². The summed E-state index contributed by atoms with van der Waals surface area (Å²) >= 11 is 0. The zero-order valence-electron chi connectivity index (χ0n) is 18.9. The van der Waals surface area contributed by atoms with Gasteiger partial charge in [-0.15, -0.1) is 0 Å². The third-order valence-corrected chi connectivity index (χ3v) is 6.56. The highest BCUT2D eigenvalue weighted by molar-refractivity contribution is 5.85. The first-order chi connectivity index (χ1) is 17.0. The molecular formula is C25H21N7O3. The van der Waals surface area contributed by atoms with Gasteiger partial charge in [0.15, 0.2) is 5.58 Å². The van der Waals surface area contributed by atoms with E-state index >= 15 is 0 Å². The van der Waals surface area contributed by atoms with Crippen LogP contribution in [0.5, 0.6) is 0 Å². The van der Waals surface area contributed by atoms with Gasteiger partial charge in [-0.1, -0.05) is 12.1 Å². The first kappa shape index (κ1) is 21.2. The van der Waals surface area contributed by atoms with Crippen LogP contribution in [0, 0.1) is 11.3 Å². The lowest BCUT2D eigenvalue weighted by Gasteiger charge is -2.29. The number of nitrogens with zero attached hydrogens (tertiary/aromatic N) is 7. The molecule has 174 valence electrons. The largest absolute Gasteiger partial charge is 0.419 e. The molecule has 5 aromatic rings. The quantitative estimate of drug-likeness (QED) is 0.426. The molecule has 1 aliphatic heterocycles. The van der Waals surface area contributed by atoms with E-state index in [2.05, 4.69) is 21.1 Å². The number of oxazole rings is 1. The Bertz CT molecular complexity index is 1690. The number of hydrogen-bond acceptors (Lipinski definition) is 8. The molecule has 10 nitrogen and oxygen atoms in total. The fraction of sp³-hybridized carbons (Fsp3) is 0.240. The number of aliphatic hydroxyl groups excluding tert-OH is 1. The van der Waals surface area contributed by atoms with Gasteiger partial charge in [-0.3, -0.25) is 9.47 Å². The van der Waals surface area contributed by atoms with Crippen LogP contribution < -0.4 is 5.76 Å². The summed E-state index contributed by atoms with van der Waals surface area (Å²) in [4.78, 5) is 23.2. The van der Waals surface area contributed by atoms with Crippen LogP contribution in [0.25, 0.3) is 28.0 Å². The molecule has 35 heavy (non-hydrogen) atoms. The highest BCUT2D eigenvalue weighted by Crippen LogP contribution is 2.25. The Morgan fingerprint density at radius 1 is 1.23 bits per heavy atom. The second kappa shape index (κ2) is 8.16. The number of aromatic nitrogens is 5. The zero-order valence-corrected chi connectivity index (χ0v) is 18.9. The van der Waals surface area contributed by atoms with Gasteiger partial charge in [-0.05, 0) is 29.8 Å². The van der Waals surface area contributed by atoms with Gasteiger partial charge >= 0.3 is 5.76 Å². The Hall–Kier alpha value is -4.33. The van der Waals surface area contributed by atoms with Crippen molar-refractivity contribution >= 4 is 22.0 Å². The molecule has 0 bridgehead atoms. The van der Waals surface area contributed by atoms with E-state index in [0.29, 0.717) is 35.7 Å². The van der Waals surface area contributed by atoms with E-state index in [1.165, 1.54) is 4.57 Å². The number of nitriles is 1. The lowest BCUT2D eigenvalue weighted by molar-refractivity contribution is 0.105. The van der Waals surface area contributed by atoms with Crippen LogP contribution in [0.4, 0.5) is 0 Å². The molecule has 1 N–H and O–H groups in total. The van der Waals surface area contributed by atoms with Crippen LogP contribution in [0.3, 0.4) is 0 Å². The minimum absolute atomic E-state index is 0.424. The Morgan fingerprint density at radius 2 is 2.11 bits per heavy atom. The highest BCUT2D eigenvalue weighted by atomic mass is 16.4. The van der Waals surface area contributed by atoms with Gasteiger partial charge in [0, 0.05) is 50.2 Å². The van der Waals surface area contributed by atoms with E-state index in [1.807, 2.05) is 18.3 Å². The summed E-state index contributed by atoms with van der Waals surface area (Å²) in [5.41, 5.74) is 5.21. The fourth-order valence-corrected chi connectivity index (χ4v) is 4.63. The topological polar surface area (TPSA) is 126 Å². The second-order valence-corrected chi connectivity index (χ2v) is 8.70. The Kier molecular flexibility index (Phi) is 4.95. The molecule has 4 heterocycles. The molecule has 0 amide bonds. The lowest BCUT2D eigenvalue weighted by atomic mass is 10.0. The molecule has 0 aliphatic carbocycles. The summed E-state index contributed by atoms with van der Waals surface area (Å²) in [5.74, 6) is 0.0496. The number of aryl methyl sites for hydroxylation is 1. The van der Waals surface area contributed by atoms with Gasteiger partial charge in [0.25, 0.3) is 5.95 Å². The zero-order chi connectivity index (χ0) is 24.1. The van der Waals surface area contributed by atoms with E-state index in [4.69, 9.17) is 9.40 Å². The SMILES string of the molecule is Cn1c(=O)oc2ccc(C(O)CN3CCc4nc(-n5ncc6c(C#N)cccc65)ncc4C3)cc21. The Labute approximate surface area is 199 Å². The van der Waals surface area contributed by atoms with Crippen LogP contribution in [0.2, 0.25) is 0 Å². The molecule has 1 atom stereocenters. The third-order valence-electron chi connectivity index (χ3n) is 6.56. The van der Waals surface area contributed by atoms with Gasteiger partial charge in [0.05, 0.1) is 40.7 Å². The summed E-state index contributed by atoms with van der Waals surface area (Å²) in [5, 5.41) is 25.4. The van der Waals surface area contributed by atoms with Crippen LogP contribution in [-0.4, -0.2) is 47.4 Å². The molecule has 0 spiro atoms. The fourth-order valence-electron chi connectivity index (χ4n) is 4.63. The maximum Gasteiger partial charge on any atom is 0.419 e. The van der Waals surface area contributed by atoms with Gasteiger partial charge in [-0.2, -0.15) is 15.0 Å². The monoisotopic (exact) mass is 467 g/mol. The van der Waals surface area contributed by atoms with E-state index in [1.54, 1.807) is 42.2 Å². The van der Waals surface area contributed by atoms with E-state index in [-0.39, 0.29) is 0 Å². The van der Waals surface area contributed by atoms with Crippen molar-refractivity contribution < 1.29 is 9.52 Å². The standard InChI is InChI=1S/C25H21N7O3/c1-30-21-9-15(5-6-23(21)35-25(30)34)22(33)14-31-8-7-19-17(13-31)11-27-24(29-19)32-20-4-2-3-16(10-26)18(20)12-28-32/h2-6,9,11-12,22,33H,7-8,13-14H2,1H3. The smallest absolute Gasteiger partial charge is 0.408 e. The van der Waals surface area contributed by atoms with Gasteiger partial charge in [-0.25, -0.2) is 14.8 Å². The highest BCUT2D eigenvalue weighted by Gasteiger charge is 2.23. The first-order valence-electron chi connectivity index (χ1n) is 11.2. The predicted molar refractivity (Wildman–Crippen MR) is 127 cm³/mol. The van der Waals surface area contributed by atoms with Crippen molar-refractivity contribution in [2.75, 3.05) is 13.1 Å². The third kappa shape index (κ3) is 3.58. The summed E-state index contributed by atoms with van der Waals surface area (Å²) in [6.07, 6.45) is 3.48. The van der Waals surface area contributed by atoms with Crippen molar-refractivity contribution in [1.29, 1.82) is 5.26 Å². The molecule has 0 saturated carbocycles. The van der Waals surface area contributed by atoms with E-state index in [9.17, 15) is 15.2 Å². The molecule has 2 aromatic carbocycles. The number of benzene rings is 2. The van der Waals surface area contributed by atoms with Crippen LogP contribution in [0.15, 0.2) is 58.0 Å². The van der Waals surface area contributed by atoms with Crippen molar-refractivity contribution in [2.45, 2.75) is 19.1 Å². The minimum Gasteiger partial charge on any atom is -0.408 e. The molecule has 1 aliphatic rings. The number of fused-ring (bicyclic) bond motifs is 3. The van der Waals surface area contributed by atoms with Crippen molar-refractivity contribution in [3.8, 4) is 12.0 Å². The molecule has 0 saturated heterocycles. The molecule has 1 unspecified atom stereocenters. The van der Waals surface area contributed by atoms with E-state index in [0.717, 1.165) is 40.7 Å². The van der Waals surface area contributed by atoms with Crippen LogP contribution in [-0.2, 0) is 20.0 Å². The average Bonchev–Trinajstić information content (AvgIpc) is 3.44. The van der Waals surface area contributed by atoms with Crippen molar-refractivity contribution in [3.05, 3.63) is 81.7 Å². The summed E-state index contributed by atoms with van der Waals surface area (Å²) in [7, 11) is 1.65. The second-order valence-electron chi connectivity index (χ2n) is 8.70. The average molecular weight is 467 g/mol. The molecule has 10 heteroatoms. The van der Waals surface area contributed by atoms with Crippen LogP contribution in [0.1, 0.15) is 28.5 Å². The van der Waals surface area contributed by atoms with Crippen LogP contribution >= 0.6 is 0 Å². The predicted octanol–water partition coefficient (Wildman–Crippen LogP) is 2.22. The maximum atomic E-state index is 11.7. The van der Waals surface area contributed by atoms with Crippen molar-refractivity contribution in [1.82, 2.24) is 29.2 Å². The summed E-state index contributed by atoms with van der Waals surface area (Å²) in [6.45, 7) is 1.81. The molecule has 6 rings (SSSR count). The van der Waals surface area contributed by atoms with Gasteiger partial charge < -0.3 is 9.52 Å². The van der Waals surface area contributed by atoms with Crippen molar-refractivity contribution in [3.63, 3.8) is 0 Å². The lowest BCUT2D eigenvalue weighted by Crippen LogP contribution is -2.34. The number of hydrogen-bond donors (Lipinski definition) is 1. The molecule has 3 aromatic heterocycles. The summed E-state index contributed by atoms with van der Waals surface area (Å²) in [6, 6.07) is 13.0. The number of β-amino-alcohol motifs (C(OH)–C–C–N with tert-alkyl or cyclic N) is 1. The normalized spacial score (nSPS) is 14.8. The summed E-state index contributed by atoms with van der Waals surface area (Å²) < 4.78 is 8.27. The number of rotatable bonds is 4. The molecule has 0 radical (unpaired) electrons. The van der Waals surface area contributed by atoms with Gasteiger partial charge in [0.2, 0.25) is 0 Å². The number of aliphatic hydroxyl groups is 1.